The third kappa shape index (κ3) is 6.70. The number of hydrogen-bond acceptors (Lipinski definition) is 7. The molecule has 2 aliphatic carbocycles. The molecule has 0 aromatic rings. The summed E-state index contributed by atoms with van der Waals surface area (Å²) in [7, 11) is 1.39. The quantitative estimate of drug-likeness (QED) is 0.568. The van der Waals surface area contributed by atoms with Crippen LogP contribution in [0.1, 0.15) is 73.6 Å². The molecule has 0 spiro atoms. The number of carbonyl (C=O) groups excluding carboxylic acids is 2. The van der Waals surface area contributed by atoms with Crippen LogP contribution in [0.15, 0.2) is 23.8 Å². The van der Waals surface area contributed by atoms with Gasteiger partial charge < -0.3 is 24.1 Å². The molecule has 192 valence electrons. The second-order valence-corrected chi connectivity index (χ2v) is 11.5. The summed E-state index contributed by atoms with van der Waals surface area (Å²) in [6.07, 6.45) is 7.96. The third-order valence-corrected chi connectivity index (χ3v) is 7.12. The number of hydrogen-bond donors (Lipinski definition) is 1. The number of aliphatic hydroxyl groups is 1. The van der Waals surface area contributed by atoms with E-state index in [1.54, 1.807) is 0 Å². The van der Waals surface area contributed by atoms with Crippen molar-refractivity contribution in [2.45, 2.75) is 104 Å². The first kappa shape index (κ1) is 26.9. The van der Waals surface area contributed by atoms with Gasteiger partial charge in [-0.15, -0.1) is 0 Å². The van der Waals surface area contributed by atoms with Crippen molar-refractivity contribution in [1.82, 2.24) is 0 Å². The van der Waals surface area contributed by atoms with E-state index in [0.29, 0.717) is 18.8 Å². The first-order chi connectivity index (χ1) is 15.8. The number of rotatable bonds is 6. The predicted molar refractivity (Wildman–Crippen MR) is 128 cm³/mol. The fraction of sp³-hybridized carbons (Fsp3) is 0.778. The van der Waals surface area contributed by atoms with Crippen molar-refractivity contribution in [1.29, 1.82) is 0 Å². The van der Waals surface area contributed by atoms with E-state index in [1.807, 2.05) is 40.7 Å². The molecule has 0 aromatic carbocycles. The standard InChI is InChI=1S/C27H42O7/c1-16-8-9-17-12-19(32-25(30)26(2,3)4)14-22(28)24(17)21(16)11-10-18-13-20(15-23(29)31-7)34-27(5,6)33-18/h8-9,12,16,18-22,24,28H,10-11,13-15H2,1-7H3/t16-,18+,19+,20+,21-,22-,24-/m0/s1. The van der Waals surface area contributed by atoms with E-state index >= 15 is 0 Å². The zero-order chi connectivity index (χ0) is 25.3. The van der Waals surface area contributed by atoms with Crippen molar-refractivity contribution >= 4 is 11.9 Å². The molecule has 1 heterocycles. The Morgan fingerprint density at radius 1 is 1.15 bits per heavy atom. The fourth-order valence-corrected chi connectivity index (χ4v) is 5.44. The van der Waals surface area contributed by atoms with Crippen LogP contribution >= 0.6 is 0 Å². The van der Waals surface area contributed by atoms with Crippen LogP contribution in [0.25, 0.3) is 0 Å². The van der Waals surface area contributed by atoms with Gasteiger partial charge in [-0.1, -0.05) is 19.1 Å². The Morgan fingerprint density at radius 3 is 2.47 bits per heavy atom. The Balaban J connectivity index is 1.67. The van der Waals surface area contributed by atoms with Crippen LogP contribution in [0.4, 0.5) is 0 Å². The SMILES string of the molecule is COC(=O)C[C@H]1C[C@@H](CC[C@@H]2[C@@H]3C(=C[C@@H](OC(=O)C(C)(C)C)C[C@@H]3O)C=C[C@@H]2C)OC(C)(C)O1. The number of methoxy groups -OCH3 is 1. The van der Waals surface area contributed by atoms with Crippen molar-refractivity contribution in [3.63, 3.8) is 0 Å². The lowest BCUT2D eigenvalue weighted by molar-refractivity contribution is -0.301. The van der Waals surface area contributed by atoms with Crippen LogP contribution in [0, 0.1) is 23.2 Å². The first-order valence-electron chi connectivity index (χ1n) is 12.5. The van der Waals surface area contributed by atoms with E-state index in [9.17, 15) is 14.7 Å². The van der Waals surface area contributed by atoms with Crippen LogP contribution in [-0.4, -0.2) is 54.4 Å². The van der Waals surface area contributed by atoms with Gasteiger partial charge in [0.15, 0.2) is 5.79 Å². The van der Waals surface area contributed by atoms with E-state index in [0.717, 1.165) is 18.4 Å². The molecule has 3 aliphatic rings. The Kier molecular flexibility index (Phi) is 8.31. The number of fused-ring (bicyclic) bond motifs is 1. The molecular formula is C27H42O7. The molecule has 1 aliphatic heterocycles. The largest absolute Gasteiger partial charge is 0.469 e. The molecule has 0 saturated carbocycles. The summed E-state index contributed by atoms with van der Waals surface area (Å²) in [5.41, 5.74) is 0.466. The van der Waals surface area contributed by atoms with Gasteiger partial charge in [-0.2, -0.15) is 0 Å². The maximum absolute atomic E-state index is 12.4. The van der Waals surface area contributed by atoms with E-state index in [4.69, 9.17) is 18.9 Å². The second kappa shape index (κ2) is 10.5. The zero-order valence-corrected chi connectivity index (χ0v) is 21.7. The molecule has 7 heteroatoms. The topological polar surface area (TPSA) is 91.3 Å². The van der Waals surface area contributed by atoms with Gasteiger partial charge in [-0.25, -0.2) is 0 Å². The highest BCUT2D eigenvalue weighted by molar-refractivity contribution is 5.75. The minimum absolute atomic E-state index is 0.00306. The lowest BCUT2D eigenvalue weighted by Crippen LogP contribution is -2.46. The van der Waals surface area contributed by atoms with Gasteiger partial charge in [0, 0.05) is 18.8 Å². The molecule has 0 radical (unpaired) electrons. The predicted octanol–water partition coefficient (Wildman–Crippen LogP) is 4.33. The van der Waals surface area contributed by atoms with Gasteiger partial charge in [0.25, 0.3) is 0 Å². The maximum Gasteiger partial charge on any atom is 0.311 e. The van der Waals surface area contributed by atoms with Gasteiger partial charge in [0.05, 0.1) is 37.3 Å². The Hall–Kier alpha value is -1.70. The lowest BCUT2D eigenvalue weighted by atomic mass is 9.66. The van der Waals surface area contributed by atoms with E-state index in [1.165, 1.54) is 7.11 Å². The fourth-order valence-electron chi connectivity index (χ4n) is 5.44. The average Bonchev–Trinajstić information content (AvgIpc) is 2.71. The normalized spacial score (nSPS) is 35.2. The molecule has 1 saturated heterocycles. The van der Waals surface area contributed by atoms with Crippen LogP contribution in [0.3, 0.4) is 0 Å². The van der Waals surface area contributed by atoms with Crippen molar-refractivity contribution < 1.29 is 33.6 Å². The van der Waals surface area contributed by atoms with E-state index in [-0.39, 0.29) is 42.4 Å². The number of ether oxygens (including phenoxy) is 4. The monoisotopic (exact) mass is 478 g/mol. The van der Waals surface area contributed by atoms with Gasteiger partial charge in [-0.05, 0) is 70.9 Å². The Labute approximate surface area is 203 Å². The van der Waals surface area contributed by atoms with E-state index < -0.39 is 23.4 Å². The summed E-state index contributed by atoms with van der Waals surface area (Å²) in [5.74, 6) is -0.745. The molecular weight excluding hydrogens is 436 g/mol. The number of esters is 2. The third-order valence-electron chi connectivity index (χ3n) is 7.12. The first-order valence-corrected chi connectivity index (χ1v) is 12.5. The van der Waals surface area contributed by atoms with Crippen LogP contribution in [0.2, 0.25) is 0 Å². The van der Waals surface area contributed by atoms with E-state index in [2.05, 4.69) is 19.1 Å². The van der Waals surface area contributed by atoms with Gasteiger partial charge in [0.2, 0.25) is 0 Å². The van der Waals surface area contributed by atoms with Crippen molar-refractivity contribution in [2.24, 2.45) is 23.2 Å². The van der Waals surface area contributed by atoms with Crippen LogP contribution in [-0.2, 0) is 28.5 Å². The Bertz CT molecular complexity index is 806. The van der Waals surface area contributed by atoms with Crippen molar-refractivity contribution in [2.75, 3.05) is 7.11 Å². The molecule has 3 rings (SSSR count). The minimum atomic E-state index is -0.765. The maximum atomic E-state index is 12.4. The molecule has 34 heavy (non-hydrogen) atoms. The summed E-state index contributed by atoms with van der Waals surface area (Å²) in [4.78, 5) is 24.1. The number of aliphatic hydroxyl groups excluding tert-OH is 1. The minimum Gasteiger partial charge on any atom is -0.469 e. The molecule has 0 bridgehead atoms. The van der Waals surface area contributed by atoms with Crippen LogP contribution < -0.4 is 0 Å². The Morgan fingerprint density at radius 2 is 1.82 bits per heavy atom. The summed E-state index contributed by atoms with van der Waals surface area (Å²) in [6.45, 7) is 11.4. The van der Waals surface area contributed by atoms with Gasteiger partial charge in [-0.3, -0.25) is 9.59 Å². The molecule has 7 atom stereocenters. The van der Waals surface area contributed by atoms with Gasteiger partial charge >= 0.3 is 11.9 Å². The number of allylic oxidation sites excluding steroid dienone is 2. The highest BCUT2D eigenvalue weighted by Gasteiger charge is 2.42. The highest BCUT2D eigenvalue weighted by Crippen LogP contribution is 2.44. The smallest absolute Gasteiger partial charge is 0.311 e. The summed E-state index contributed by atoms with van der Waals surface area (Å²) in [6, 6.07) is 0. The zero-order valence-electron chi connectivity index (χ0n) is 21.7. The molecule has 1 fully saturated rings. The second-order valence-electron chi connectivity index (χ2n) is 11.5. The molecule has 1 N–H and O–H groups in total. The van der Waals surface area contributed by atoms with Crippen molar-refractivity contribution in [3.8, 4) is 0 Å². The molecule has 0 amide bonds. The summed E-state index contributed by atoms with van der Waals surface area (Å²) in [5, 5.41) is 11.1. The van der Waals surface area contributed by atoms with Crippen molar-refractivity contribution in [3.05, 3.63) is 23.8 Å². The van der Waals surface area contributed by atoms with Gasteiger partial charge in [0.1, 0.15) is 6.10 Å². The molecule has 0 unspecified atom stereocenters. The summed E-state index contributed by atoms with van der Waals surface area (Å²) < 4.78 is 22.6. The lowest BCUT2D eigenvalue weighted by Gasteiger charge is -2.44. The number of carbonyl (C=O) groups is 2. The molecule has 7 nitrogen and oxygen atoms in total. The average molecular weight is 479 g/mol. The highest BCUT2D eigenvalue weighted by atomic mass is 16.7. The van der Waals surface area contributed by atoms with Crippen LogP contribution in [0.5, 0.6) is 0 Å². The molecule has 0 aromatic heterocycles. The summed E-state index contributed by atoms with van der Waals surface area (Å²) >= 11 is 0.